The number of nitrogens with zero attached hydrogens (tertiary/aromatic N) is 1. The molecule has 1 atom stereocenters. The predicted molar refractivity (Wildman–Crippen MR) is 81.2 cm³/mol. The molecule has 1 aromatic rings. The Hall–Kier alpha value is 0.160. The van der Waals surface area contributed by atoms with Gasteiger partial charge in [0, 0.05) is 34.7 Å². The lowest BCUT2D eigenvalue weighted by molar-refractivity contribution is 0.244. The smallest absolute Gasteiger partial charge is 0.150 e. The molecule has 2 heterocycles. The Morgan fingerprint density at radius 3 is 2.58 bits per heavy atom. The summed E-state index contributed by atoms with van der Waals surface area (Å²) in [7, 11) is -2.92. The van der Waals surface area contributed by atoms with Gasteiger partial charge in [0.2, 0.25) is 0 Å². The number of hydrogen-bond donors (Lipinski definition) is 0. The lowest BCUT2D eigenvalue weighted by atomic mass is 9.75. The Labute approximate surface area is 128 Å². The van der Waals surface area contributed by atoms with E-state index in [0.717, 1.165) is 10.7 Å². The van der Waals surface area contributed by atoms with Gasteiger partial charge in [-0.3, -0.25) is 0 Å². The fraction of sp³-hybridized carbons (Fsp3) is 0.750. The minimum Gasteiger partial charge on any atom is -0.247 e. The van der Waals surface area contributed by atoms with Crippen LogP contribution in [0.1, 0.15) is 17.1 Å². The van der Waals surface area contributed by atoms with Crippen LogP contribution < -0.4 is 0 Å². The summed E-state index contributed by atoms with van der Waals surface area (Å²) in [4.78, 5) is 4.45. The molecular weight excluding hydrogens is 325 g/mol. The third-order valence-corrected chi connectivity index (χ3v) is 7.60. The van der Waals surface area contributed by atoms with Gasteiger partial charge in [-0.1, -0.05) is 0 Å². The number of rotatable bonds is 5. The van der Waals surface area contributed by atoms with E-state index in [1.807, 2.05) is 12.3 Å². The highest BCUT2D eigenvalue weighted by Gasteiger charge is 2.44. The zero-order valence-electron chi connectivity index (χ0n) is 10.7. The fourth-order valence-electron chi connectivity index (χ4n) is 2.56. The van der Waals surface area contributed by atoms with Gasteiger partial charge in [-0.15, -0.1) is 34.5 Å². The Morgan fingerprint density at radius 1 is 1.47 bits per heavy atom. The normalized spacial score (nSPS) is 22.8. The van der Waals surface area contributed by atoms with Gasteiger partial charge >= 0.3 is 0 Å². The highest BCUT2D eigenvalue weighted by atomic mass is 35.5. The van der Waals surface area contributed by atoms with Crippen LogP contribution in [-0.4, -0.2) is 36.7 Å². The van der Waals surface area contributed by atoms with E-state index in [1.54, 1.807) is 11.3 Å². The van der Waals surface area contributed by atoms with Crippen LogP contribution in [0.15, 0.2) is 5.38 Å². The second-order valence-electron chi connectivity index (χ2n) is 5.29. The van der Waals surface area contributed by atoms with Crippen molar-refractivity contribution in [2.75, 3.05) is 23.3 Å². The van der Waals surface area contributed by atoms with Crippen LogP contribution in [0.4, 0.5) is 0 Å². The largest absolute Gasteiger partial charge is 0.247 e. The lowest BCUT2D eigenvalue weighted by Gasteiger charge is -2.34. The third kappa shape index (κ3) is 3.43. The van der Waals surface area contributed by atoms with Crippen LogP contribution in [0, 0.1) is 18.3 Å². The van der Waals surface area contributed by atoms with Crippen molar-refractivity contribution < 1.29 is 8.42 Å². The van der Waals surface area contributed by atoms with Crippen molar-refractivity contribution in [3.8, 4) is 0 Å². The van der Waals surface area contributed by atoms with Crippen LogP contribution in [0.5, 0.6) is 0 Å². The quantitative estimate of drug-likeness (QED) is 0.773. The van der Waals surface area contributed by atoms with Crippen LogP contribution in [0.25, 0.3) is 0 Å². The molecule has 0 amide bonds. The van der Waals surface area contributed by atoms with E-state index in [0.29, 0.717) is 24.6 Å². The van der Waals surface area contributed by atoms with Crippen molar-refractivity contribution in [2.24, 2.45) is 11.3 Å². The molecule has 1 fully saturated rings. The molecule has 0 bridgehead atoms. The number of aryl methyl sites for hydroxylation is 1. The zero-order valence-corrected chi connectivity index (χ0v) is 13.9. The van der Waals surface area contributed by atoms with Gasteiger partial charge in [-0.2, -0.15) is 0 Å². The Balaban J connectivity index is 2.22. The van der Waals surface area contributed by atoms with Gasteiger partial charge in [0.05, 0.1) is 16.5 Å². The van der Waals surface area contributed by atoms with Crippen molar-refractivity contribution in [3.05, 3.63) is 16.1 Å². The summed E-state index contributed by atoms with van der Waals surface area (Å²) in [6.07, 6.45) is 1.32. The number of halogens is 2. The summed E-state index contributed by atoms with van der Waals surface area (Å²) >= 11 is 13.9. The first-order valence-corrected chi connectivity index (χ1v) is 9.91. The molecule has 0 aliphatic carbocycles. The van der Waals surface area contributed by atoms with Gasteiger partial charge in [-0.25, -0.2) is 13.4 Å². The summed E-state index contributed by atoms with van der Waals surface area (Å²) in [5.41, 5.74) is 0.619. The minimum atomic E-state index is -2.92. The van der Waals surface area contributed by atoms with Crippen LogP contribution in [0.3, 0.4) is 0 Å². The topological polar surface area (TPSA) is 47.0 Å². The van der Waals surface area contributed by atoms with Crippen LogP contribution in [0.2, 0.25) is 0 Å². The van der Waals surface area contributed by atoms with Gasteiger partial charge in [-0.05, 0) is 19.3 Å². The van der Waals surface area contributed by atoms with Crippen molar-refractivity contribution in [1.29, 1.82) is 0 Å². The summed E-state index contributed by atoms with van der Waals surface area (Å²) in [5.74, 6) is 1.24. The molecule has 3 nitrogen and oxygen atoms in total. The standard InChI is InChI=1S/C12H17Cl2NO2S2/c1-9-5-18-11(15-9)4-12(7-13,8-14)10-2-3-19(16,17)6-10/h5,10H,2-4,6-8H2,1H3. The summed E-state index contributed by atoms with van der Waals surface area (Å²) < 4.78 is 23.4. The molecule has 1 saturated heterocycles. The molecule has 0 aromatic carbocycles. The van der Waals surface area contributed by atoms with Gasteiger partial charge < -0.3 is 0 Å². The maximum absolute atomic E-state index is 11.7. The number of alkyl halides is 2. The molecule has 108 valence electrons. The summed E-state index contributed by atoms with van der Waals surface area (Å²) in [5, 5.41) is 2.98. The van der Waals surface area contributed by atoms with E-state index < -0.39 is 9.84 Å². The molecule has 0 radical (unpaired) electrons. The van der Waals surface area contributed by atoms with Gasteiger partial charge in [0.1, 0.15) is 0 Å². The maximum Gasteiger partial charge on any atom is 0.150 e. The van der Waals surface area contributed by atoms with E-state index in [2.05, 4.69) is 4.98 Å². The van der Waals surface area contributed by atoms with Crippen LogP contribution in [-0.2, 0) is 16.3 Å². The third-order valence-electron chi connectivity index (χ3n) is 3.80. The molecular formula is C12H17Cl2NO2S2. The first kappa shape index (κ1) is 15.5. The van der Waals surface area contributed by atoms with Crippen LogP contribution >= 0.6 is 34.5 Å². The number of sulfone groups is 1. The van der Waals surface area contributed by atoms with E-state index in [9.17, 15) is 8.42 Å². The Kier molecular flexibility index (Phi) is 4.81. The number of hydrogen-bond acceptors (Lipinski definition) is 4. The van der Waals surface area contributed by atoms with Gasteiger partial charge in [0.25, 0.3) is 0 Å². The molecule has 2 rings (SSSR count). The summed E-state index contributed by atoms with van der Waals surface area (Å²) in [6.45, 7) is 1.95. The molecule has 7 heteroatoms. The average Bonchev–Trinajstić information content (AvgIpc) is 2.92. The SMILES string of the molecule is Cc1csc(CC(CCl)(CCl)C2CCS(=O)(=O)C2)n1. The molecule has 1 aliphatic rings. The van der Waals surface area contributed by atoms with E-state index in [1.165, 1.54) is 0 Å². The fourth-order valence-corrected chi connectivity index (χ4v) is 6.34. The van der Waals surface area contributed by atoms with Crippen molar-refractivity contribution in [1.82, 2.24) is 4.98 Å². The maximum atomic E-state index is 11.7. The summed E-state index contributed by atoms with van der Waals surface area (Å²) in [6, 6.07) is 0. The molecule has 0 N–H and O–H groups in total. The Bertz CT molecular complexity index is 538. The molecule has 19 heavy (non-hydrogen) atoms. The lowest BCUT2D eigenvalue weighted by Crippen LogP contribution is -2.37. The first-order valence-electron chi connectivity index (χ1n) is 6.14. The monoisotopic (exact) mass is 341 g/mol. The highest BCUT2D eigenvalue weighted by molar-refractivity contribution is 7.91. The molecule has 1 aromatic heterocycles. The molecule has 0 spiro atoms. The van der Waals surface area contributed by atoms with E-state index in [4.69, 9.17) is 23.2 Å². The highest BCUT2D eigenvalue weighted by Crippen LogP contribution is 2.41. The zero-order chi connectivity index (χ0) is 14.1. The van der Waals surface area contributed by atoms with Crippen molar-refractivity contribution in [2.45, 2.75) is 19.8 Å². The minimum absolute atomic E-state index is 0.0386. The van der Waals surface area contributed by atoms with Crippen molar-refractivity contribution in [3.63, 3.8) is 0 Å². The second kappa shape index (κ2) is 5.88. The predicted octanol–water partition coefficient (Wildman–Crippen LogP) is 2.89. The Morgan fingerprint density at radius 2 is 2.16 bits per heavy atom. The number of thiazole rings is 1. The molecule has 1 unspecified atom stereocenters. The van der Waals surface area contributed by atoms with E-state index >= 15 is 0 Å². The van der Waals surface area contributed by atoms with Crippen molar-refractivity contribution >= 4 is 44.4 Å². The number of aromatic nitrogens is 1. The average molecular weight is 342 g/mol. The first-order chi connectivity index (χ1) is 8.91. The van der Waals surface area contributed by atoms with Gasteiger partial charge in [0.15, 0.2) is 9.84 Å². The molecule has 1 aliphatic heterocycles. The molecule has 0 saturated carbocycles. The second-order valence-corrected chi connectivity index (χ2v) is 8.99. The van der Waals surface area contributed by atoms with E-state index in [-0.39, 0.29) is 22.8 Å².